The summed E-state index contributed by atoms with van der Waals surface area (Å²) in [5, 5.41) is 4.11. The van der Waals surface area contributed by atoms with Crippen LogP contribution in [0, 0.1) is 0 Å². The van der Waals surface area contributed by atoms with Crippen LogP contribution in [0.4, 0.5) is 5.69 Å². The minimum atomic E-state index is 0.431. The van der Waals surface area contributed by atoms with Crippen LogP contribution in [0.3, 0.4) is 0 Å². The van der Waals surface area contributed by atoms with Crippen molar-refractivity contribution >= 4 is 5.69 Å². The average Bonchev–Trinajstić information content (AvgIpc) is 2.92. The summed E-state index contributed by atoms with van der Waals surface area (Å²) in [6, 6.07) is 7.90. The fourth-order valence-corrected chi connectivity index (χ4v) is 2.61. The molecule has 6 nitrogen and oxygen atoms in total. The summed E-state index contributed by atoms with van der Waals surface area (Å²) < 4.78 is 5.36. The first-order valence-electron chi connectivity index (χ1n) is 7.19. The molecule has 6 heteroatoms. The van der Waals surface area contributed by atoms with Crippen molar-refractivity contribution in [3.63, 3.8) is 0 Å². The summed E-state index contributed by atoms with van der Waals surface area (Å²) in [6.07, 6.45) is 0.805. The fourth-order valence-electron chi connectivity index (χ4n) is 2.61. The minimum absolute atomic E-state index is 0.431. The molecule has 2 heterocycles. The molecular weight excluding hydrogens is 266 g/mol. The molecule has 0 radical (unpaired) electrons. The summed E-state index contributed by atoms with van der Waals surface area (Å²) in [6.45, 7) is 3.21. The number of piperazine rings is 1. The quantitative estimate of drug-likeness (QED) is 0.853. The van der Waals surface area contributed by atoms with E-state index < -0.39 is 0 Å². The highest BCUT2D eigenvalue weighted by Gasteiger charge is 2.24. The Morgan fingerprint density at radius 1 is 1.24 bits per heavy atom. The normalized spacial score (nSPS) is 20.8. The molecule has 1 aliphatic rings. The molecule has 0 spiro atoms. The second-order valence-electron chi connectivity index (χ2n) is 5.74. The molecule has 112 valence electrons. The molecule has 2 N–H and O–H groups in total. The van der Waals surface area contributed by atoms with Gasteiger partial charge in [-0.2, -0.15) is 4.98 Å². The van der Waals surface area contributed by atoms with Crippen LogP contribution in [0.25, 0.3) is 11.5 Å². The first-order valence-corrected chi connectivity index (χ1v) is 7.19. The molecule has 0 saturated carbocycles. The number of benzene rings is 1. The van der Waals surface area contributed by atoms with E-state index >= 15 is 0 Å². The lowest BCUT2D eigenvalue weighted by Crippen LogP contribution is -2.50. The van der Waals surface area contributed by atoms with Gasteiger partial charge in [0.15, 0.2) is 5.82 Å². The number of anilines is 1. The van der Waals surface area contributed by atoms with Crippen LogP contribution >= 0.6 is 0 Å². The molecule has 1 aliphatic heterocycles. The number of aromatic nitrogens is 2. The van der Waals surface area contributed by atoms with E-state index in [0.717, 1.165) is 43.1 Å². The van der Waals surface area contributed by atoms with Gasteiger partial charge in [0.1, 0.15) is 0 Å². The van der Waals surface area contributed by atoms with Crippen molar-refractivity contribution < 1.29 is 4.52 Å². The number of hydrogen-bond acceptors (Lipinski definition) is 6. The van der Waals surface area contributed by atoms with Crippen LogP contribution in [-0.2, 0) is 6.42 Å². The van der Waals surface area contributed by atoms with E-state index in [4.69, 9.17) is 10.3 Å². The highest BCUT2D eigenvalue weighted by Crippen LogP contribution is 2.19. The molecule has 0 amide bonds. The van der Waals surface area contributed by atoms with Crippen molar-refractivity contribution in [2.24, 2.45) is 0 Å². The van der Waals surface area contributed by atoms with Crippen LogP contribution in [0.5, 0.6) is 0 Å². The van der Waals surface area contributed by atoms with Crippen molar-refractivity contribution in [1.29, 1.82) is 0 Å². The van der Waals surface area contributed by atoms with Gasteiger partial charge < -0.3 is 20.1 Å². The molecular formula is C15H21N5O. The van der Waals surface area contributed by atoms with Crippen LogP contribution in [0.2, 0.25) is 0 Å². The average molecular weight is 287 g/mol. The number of rotatable bonds is 3. The van der Waals surface area contributed by atoms with Gasteiger partial charge in [0.25, 0.3) is 5.89 Å². The zero-order valence-corrected chi connectivity index (χ0v) is 12.5. The maximum Gasteiger partial charge on any atom is 0.257 e. The molecule has 1 fully saturated rings. The van der Waals surface area contributed by atoms with Gasteiger partial charge in [0, 0.05) is 43.3 Å². The summed E-state index contributed by atoms with van der Waals surface area (Å²) in [5.74, 6) is 1.31. The molecule has 1 atom stereocenters. The van der Waals surface area contributed by atoms with E-state index in [1.165, 1.54) is 0 Å². The molecule has 0 aliphatic carbocycles. The molecule has 1 aromatic heterocycles. The van der Waals surface area contributed by atoms with Gasteiger partial charge in [-0.25, -0.2) is 0 Å². The Morgan fingerprint density at radius 3 is 2.76 bits per heavy atom. The van der Waals surface area contributed by atoms with Gasteiger partial charge in [-0.3, -0.25) is 0 Å². The lowest BCUT2D eigenvalue weighted by molar-refractivity contribution is 0.113. The Hall–Kier alpha value is -1.92. The Labute approximate surface area is 124 Å². The topological polar surface area (TPSA) is 71.4 Å². The smallest absolute Gasteiger partial charge is 0.257 e. The lowest BCUT2D eigenvalue weighted by Gasteiger charge is -2.37. The first kappa shape index (κ1) is 14.0. The van der Waals surface area contributed by atoms with Crippen molar-refractivity contribution in [1.82, 2.24) is 19.9 Å². The maximum absolute atomic E-state index is 5.69. The molecule has 3 rings (SSSR count). The Balaban J connectivity index is 1.71. The lowest BCUT2D eigenvalue weighted by atomic mass is 10.1. The minimum Gasteiger partial charge on any atom is -0.399 e. The largest absolute Gasteiger partial charge is 0.399 e. The van der Waals surface area contributed by atoms with E-state index in [2.05, 4.69) is 34.0 Å². The molecule has 21 heavy (non-hydrogen) atoms. The number of nitrogen functional groups attached to an aromatic ring is 1. The SMILES string of the molecule is CN1CCN(C)C(Cc2noc(-c3ccc(N)cc3)n2)C1. The summed E-state index contributed by atoms with van der Waals surface area (Å²) in [4.78, 5) is 9.20. The summed E-state index contributed by atoms with van der Waals surface area (Å²) in [7, 11) is 4.30. The van der Waals surface area contributed by atoms with Crippen LogP contribution in [0.15, 0.2) is 28.8 Å². The van der Waals surface area contributed by atoms with Gasteiger partial charge in [-0.05, 0) is 38.4 Å². The molecule has 1 unspecified atom stereocenters. The Kier molecular flexibility index (Phi) is 3.90. The second-order valence-corrected chi connectivity index (χ2v) is 5.74. The highest BCUT2D eigenvalue weighted by molar-refractivity contribution is 5.56. The Bertz CT molecular complexity index is 594. The highest BCUT2D eigenvalue weighted by atomic mass is 16.5. The van der Waals surface area contributed by atoms with E-state index in [9.17, 15) is 0 Å². The summed E-state index contributed by atoms with van der Waals surface area (Å²) >= 11 is 0. The Morgan fingerprint density at radius 2 is 2.00 bits per heavy atom. The van der Waals surface area contributed by atoms with Gasteiger partial charge in [0.2, 0.25) is 0 Å². The van der Waals surface area contributed by atoms with E-state index in [-0.39, 0.29) is 0 Å². The number of nitrogens with two attached hydrogens (primary N) is 1. The standard InChI is InChI=1S/C15H21N5O/c1-19-7-8-20(2)13(10-19)9-14-17-15(21-18-14)11-3-5-12(16)6-4-11/h3-6,13H,7-10,16H2,1-2H3. The molecule has 1 saturated heterocycles. The van der Waals surface area contributed by atoms with Crippen molar-refractivity contribution in [3.05, 3.63) is 30.1 Å². The fraction of sp³-hybridized carbons (Fsp3) is 0.467. The van der Waals surface area contributed by atoms with Gasteiger partial charge in [-0.1, -0.05) is 5.16 Å². The zero-order valence-electron chi connectivity index (χ0n) is 12.5. The number of hydrogen-bond donors (Lipinski definition) is 1. The van der Waals surface area contributed by atoms with E-state index in [1.54, 1.807) is 0 Å². The third-order valence-electron chi connectivity index (χ3n) is 4.02. The van der Waals surface area contributed by atoms with Gasteiger partial charge >= 0.3 is 0 Å². The predicted octanol–water partition coefficient (Wildman–Crippen LogP) is 1.11. The van der Waals surface area contributed by atoms with Gasteiger partial charge in [0.05, 0.1) is 0 Å². The molecule has 0 bridgehead atoms. The third kappa shape index (κ3) is 3.22. The van der Waals surface area contributed by atoms with Crippen LogP contribution < -0.4 is 5.73 Å². The van der Waals surface area contributed by atoms with E-state index in [1.807, 2.05) is 24.3 Å². The maximum atomic E-state index is 5.69. The van der Waals surface area contributed by atoms with Crippen molar-refractivity contribution in [3.8, 4) is 11.5 Å². The van der Waals surface area contributed by atoms with Crippen LogP contribution in [-0.4, -0.2) is 59.7 Å². The monoisotopic (exact) mass is 287 g/mol. The van der Waals surface area contributed by atoms with Crippen molar-refractivity contribution in [2.75, 3.05) is 39.5 Å². The second kappa shape index (κ2) is 5.83. The van der Waals surface area contributed by atoms with E-state index in [0.29, 0.717) is 11.9 Å². The third-order valence-corrected chi connectivity index (χ3v) is 4.02. The van der Waals surface area contributed by atoms with Gasteiger partial charge in [-0.15, -0.1) is 0 Å². The number of likely N-dealkylation sites (N-methyl/N-ethyl adjacent to an activating group) is 2. The van der Waals surface area contributed by atoms with Crippen LogP contribution in [0.1, 0.15) is 5.82 Å². The molecule has 1 aromatic carbocycles. The van der Waals surface area contributed by atoms with Crippen molar-refractivity contribution in [2.45, 2.75) is 12.5 Å². The number of nitrogens with zero attached hydrogens (tertiary/aromatic N) is 4. The first-order chi connectivity index (χ1) is 10.1. The molecule has 2 aromatic rings. The zero-order chi connectivity index (χ0) is 14.8. The predicted molar refractivity (Wildman–Crippen MR) is 81.8 cm³/mol. The summed E-state index contributed by atoms with van der Waals surface area (Å²) in [5.41, 5.74) is 7.31.